The van der Waals surface area contributed by atoms with Crippen LogP contribution >= 0.6 is 0 Å². The van der Waals surface area contributed by atoms with Crippen LogP contribution < -0.4 is 10.6 Å². The highest BCUT2D eigenvalue weighted by molar-refractivity contribution is 5.94. The first-order valence-corrected chi connectivity index (χ1v) is 11.5. The fourth-order valence-corrected chi connectivity index (χ4v) is 3.36. The fourth-order valence-electron chi connectivity index (χ4n) is 3.36. The van der Waals surface area contributed by atoms with Crippen molar-refractivity contribution < 1.29 is 19.2 Å². The Labute approximate surface area is 199 Å². The molecular weight excluding hydrogens is 432 g/mol. The number of hydrogen-bond acceptors (Lipinski definition) is 6. The van der Waals surface area contributed by atoms with E-state index in [1.165, 1.54) is 5.56 Å². The summed E-state index contributed by atoms with van der Waals surface area (Å²) in [6, 6.07) is 15.6. The van der Waals surface area contributed by atoms with Crippen LogP contribution in [0.25, 0.3) is 11.4 Å². The second kappa shape index (κ2) is 11.0. The minimum atomic E-state index is -0.940. The van der Waals surface area contributed by atoms with Crippen LogP contribution in [0, 0.1) is 0 Å². The van der Waals surface area contributed by atoms with Crippen molar-refractivity contribution in [3.8, 4) is 11.4 Å². The molecule has 0 spiro atoms. The van der Waals surface area contributed by atoms with Crippen molar-refractivity contribution in [3.63, 3.8) is 0 Å². The predicted octanol–water partition coefficient (Wildman–Crippen LogP) is 4.67. The summed E-state index contributed by atoms with van der Waals surface area (Å²) in [4.78, 5) is 27.2. The summed E-state index contributed by atoms with van der Waals surface area (Å²) in [6.07, 6.45) is 1.67. The summed E-state index contributed by atoms with van der Waals surface area (Å²) in [5.41, 5.74) is 3.34. The monoisotopic (exact) mass is 464 g/mol. The van der Waals surface area contributed by atoms with Crippen LogP contribution in [0.5, 0.6) is 0 Å². The van der Waals surface area contributed by atoms with E-state index in [0.29, 0.717) is 17.3 Å². The Morgan fingerprint density at radius 3 is 2.29 bits per heavy atom. The molecule has 1 aromatic heterocycles. The van der Waals surface area contributed by atoms with Gasteiger partial charge in [0.1, 0.15) is 0 Å². The van der Waals surface area contributed by atoms with Gasteiger partial charge in [0.05, 0.1) is 6.42 Å². The molecule has 1 heterocycles. The van der Waals surface area contributed by atoms with E-state index in [0.717, 1.165) is 24.1 Å². The van der Waals surface area contributed by atoms with Gasteiger partial charge in [0.2, 0.25) is 11.7 Å². The van der Waals surface area contributed by atoms with Gasteiger partial charge in [0, 0.05) is 34.8 Å². The highest BCUT2D eigenvalue weighted by Gasteiger charge is 2.22. The van der Waals surface area contributed by atoms with Crippen molar-refractivity contribution in [2.75, 3.05) is 11.9 Å². The molecule has 1 unspecified atom stereocenters. The number of aliphatic carboxylic acids is 1. The topological polar surface area (TPSA) is 117 Å². The molecule has 8 heteroatoms. The third-order valence-corrected chi connectivity index (χ3v) is 5.40. The molecule has 2 aromatic carbocycles. The maximum absolute atomic E-state index is 12.1. The summed E-state index contributed by atoms with van der Waals surface area (Å²) in [7, 11) is 0. The van der Waals surface area contributed by atoms with Gasteiger partial charge in [-0.25, -0.2) is 0 Å². The molecule has 3 N–H and O–H groups in total. The minimum Gasteiger partial charge on any atom is -0.481 e. The fraction of sp³-hybridized carbons (Fsp3) is 0.385. The van der Waals surface area contributed by atoms with Gasteiger partial charge in [-0.05, 0) is 42.7 Å². The molecule has 3 aromatic rings. The van der Waals surface area contributed by atoms with E-state index in [4.69, 9.17) is 9.63 Å². The third-order valence-electron chi connectivity index (χ3n) is 5.40. The lowest BCUT2D eigenvalue weighted by Crippen LogP contribution is -2.26. The van der Waals surface area contributed by atoms with Crippen LogP contribution in [-0.4, -0.2) is 39.7 Å². The standard InChI is InChI=1S/C26H32N4O4/c1-5-20(28-21-12-10-19(11-13-21)24(33)27-15-14-22(31)32)16-17-6-8-18(9-7-17)23-29-25(34-30-23)26(2,3)4/h6-13,20,28H,5,14-16H2,1-4H3,(H,27,33)(H,31,32). The predicted molar refractivity (Wildman–Crippen MR) is 131 cm³/mol. The Kier molecular flexibility index (Phi) is 8.04. The van der Waals surface area contributed by atoms with Crippen LogP contribution in [0.3, 0.4) is 0 Å². The Balaban J connectivity index is 1.57. The summed E-state index contributed by atoms with van der Waals surface area (Å²) >= 11 is 0. The molecule has 1 atom stereocenters. The van der Waals surface area contributed by atoms with Crippen LogP contribution in [0.15, 0.2) is 53.1 Å². The number of rotatable bonds is 10. The molecule has 0 saturated carbocycles. The van der Waals surface area contributed by atoms with Crippen LogP contribution in [0.1, 0.15) is 62.3 Å². The maximum Gasteiger partial charge on any atom is 0.305 e. The highest BCUT2D eigenvalue weighted by Crippen LogP contribution is 2.24. The summed E-state index contributed by atoms with van der Waals surface area (Å²) in [5, 5.41) is 18.9. The number of carbonyl (C=O) groups excluding carboxylic acids is 1. The van der Waals surface area contributed by atoms with Crippen LogP contribution in [0.4, 0.5) is 5.69 Å². The van der Waals surface area contributed by atoms with Crippen molar-refractivity contribution in [1.29, 1.82) is 0 Å². The van der Waals surface area contributed by atoms with Gasteiger partial charge in [0.15, 0.2) is 0 Å². The molecule has 3 rings (SSSR count). The summed E-state index contributed by atoms with van der Waals surface area (Å²) in [5.74, 6) is -0.0138. The number of benzene rings is 2. The van der Waals surface area contributed by atoms with E-state index in [9.17, 15) is 9.59 Å². The van der Waals surface area contributed by atoms with Gasteiger partial charge in [-0.2, -0.15) is 4.98 Å². The second-order valence-electron chi connectivity index (χ2n) is 9.30. The molecule has 0 bridgehead atoms. The summed E-state index contributed by atoms with van der Waals surface area (Å²) in [6.45, 7) is 8.35. The number of carboxylic acid groups (broad SMARTS) is 1. The molecule has 0 aliphatic carbocycles. The number of hydrogen-bond donors (Lipinski definition) is 3. The number of aromatic nitrogens is 2. The van der Waals surface area contributed by atoms with Gasteiger partial charge in [-0.1, -0.05) is 57.1 Å². The third kappa shape index (κ3) is 6.91. The molecule has 0 fully saturated rings. The Bertz CT molecular complexity index is 1100. The first-order valence-electron chi connectivity index (χ1n) is 11.5. The van der Waals surface area contributed by atoms with Gasteiger partial charge in [-0.15, -0.1) is 0 Å². The van der Waals surface area contributed by atoms with E-state index in [-0.39, 0.29) is 30.3 Å². The number of nitrogens with one attached hydrogen (secondary N) is 2. The van der Waals surface area contributed by atoms with Crippen molar-refractivity contribution in [2.45, 2.75) is 58.4 Å². The van der Waals surface area contributed by atoms with Crippen molar-refractivity contribution in [1.82, 2.24) is 15.5 Å². The normalized spacial score (nSPS) is 12.2. The van der Waals surface area contributed by atoms with Gasteiger partial charge in [-0.3, -0.25) is 9.59 Å². The highest BCUT2D eigenvalue weighted by atomic mass is 16.5. The van der Waals surface area contributed by atoms with Gasteiger partial charge < -0.3 is 20.3 Å². The largest absolute Gasteiger partial charge is 0.481 e. The Hall–Kier alpha value is -3.68. The zero-order valence-corrected chi connectivity index (χ0v) is 20.1. The number of nitrogens with zero attached hydrogens (tertiary/aromatic N) is 2. The lowest BCUT2D eigenvalue weighted by molar-refractivity contribution is -0.136. The molecule has 34 heavy (non-hydrogen) atoms. The van der Waals surface area contributed by atoms with E-state index in [1.54, 1.807) is 12.1 Å². The molecular formula is C26H32N4O4. The SMILES string of the molecule is CCC(Cc1ccc(-c2noc(C(C)(C)C)n2)cc1)Nc1ccc(C(=O)NCCC(=O)O)cc1. The zero-order valence-electron chi connectivity index (χ0n) is 20.1. The average molecular weight is 465 g/mol. The lowest BCUT2D eigenvalue weighted by atomic mass is 9.97. The number of amides is 1. The molecule has 8 nitrogen and oxygen atoms in total. The molecule has 180 valence electrons. The van der Waals surface area contributed by atoms with Crippen LogP contribution in [-0.2, 0) is 16.6 Å². The zero-order chi connectivity index (χ0) is 24.7. The Morgan fingerprint density at radius 1 is 1.06 bits per heavy atom. The number of carboxylic acids is 1. The molecule has 0 radical (unpaired) electrons. The van der Waals surface area contributed by atoms with E-state index >= 15 is 0 Å². The van der Waals surface area contributed by atoms with Gasteiger partial charge in [0.25, 0.3) is 5.91 Å². The molecule has 1 amide bonds. The maximum atomic E-state index is 12.1. The van der Waals surface area contributed by atoms with E-state index in [1.807, 2.05) is 45.0 Å². The first kappa shape index (κ1) is 25.0. The molecule has 0 aliphatic rings. The lowest BCUT2D eigenvalue weighted by Gasteiger charge is -2.19. The quantitative estimate of drug-likeness (QED) is 0.399. The number of anilines is 1. The summed E-state index contributed by atoms with van der Waals surface area (Å²) < 4.78 is 5.39. The Morgan fingerprint density at radius 2 is 1.74 bits per heavy atom. The van der Waals surface area contributed by atoms with Crippen molar-refractivity contribution in [2.24, 2.45) is 0 Å². The second-order valence-corrected chi connectivity index (χ2v) is 9.30. The van der Waals surface area contributed by atoms with Crippen molar-refractivity contribution >= 4 is 17.6 Å². The van der Waals surface area contributed by atoms with Crippen molar-refractivity contribution in [3.05, 3.63) is 65.5 Å². The minimum absolute atomic E-state index is 0.0996. The van der Waals surface area contributed by atoms with Crippen LogP contribution in [0.2, 0.25) is 0 Å². The molecule has 0 saturated heterocycles. The smallest absolute Gasteiger partial charge is 0.305 e. The average Bonchev–Trinajstić information content (AvgIpc) is 3.30. The first-order chi connectivity index (χ1) is 16.2. The van der Waals surface area contributed by atoms with E-state index < -0.39 is 5.97 Å². The molecule has 0 aliphatic heterocycles. The van der Waals surface area contributed by atoms with Gasteiger partial charge >= 0.3 is 5.97 Å². The van der Waals surface area contributed by atoms with E-state index in [2.05, 4.69) is 39.8 Å². The number of carbonyl (C=O) groups is 2.